The van der Waals surface area contributed by atoms with E-state index in [-0.39, 0.29) is 10.6 Å². The molecule has 8 heteroatoms. The number of anilines is 1. The first-order chi connectivity index (χ1) is 12.4. The number of carboxylic acids is 1. The van der Waals surface area contributed by atoms with Crippen LogP contribution in [0, 0.1) is 0 Å². The van der Waals surface area contributed by atoms with Gasteiger partial charge >= 0.3 is 5.97 Å². The summed E-state index contributed by atoms with van der Waals surface area (Å²) < 4.78 is 15.9. The van der Waals surface area contributed by atoms with E-state index in [9.17, 15) is 4.79 Å². The van der Waals surface area contributed by atoms with Crippen molar-refractivity contribution in [1.29, 1.82) is 0 Å². The zero-order valence-electron chi connectivity index (χ0n) is 14.8. The van der Waals surface area contributed by atoms with Crippen LogP contribution in [0.4, 0.5) is 5.69 Å². The van der Waals surface area contributed by atoms with Gasteiger partial charge in [0, 0.05) is 5.56 Å². The van der Waals surface area contributed by atoms with Crippen LogP contribution in [0.15, 0.2) is 35.4 Å². The van der Waals surface area contributed by atoms with Gasteiger partial charge < -0.3 is 19.3 Å². The Morgan fingerprint density at radius 3 is 2.19 bits per heavy atom. The third-order valence-electron chi connectivity index (χ3n) is 3.63. The van der Waals surface area contributed by atoms with E-state index in [0.717, 1.165) is 5.56 Å². The van der Waals surface area contributed by atoms with Gasteiger partial charge in [-0.3, -0.25) is 5.43 Å². The number of nitrogens with one attached hydrogen (secondary N) is 1. The van der Waals surface area contributed by atoms with Gasteiger partial charge in [-0.25, -0.2) is 4.79 Å². The molecular weight excluding hydrogens is 360 g/mol. The van der Waals surface area contributed by atoms with Gasteiger partial charge in [-0.1, -0.05) is 11.6 Å². The topological polar surface area (TPSA) is 89.4 Å². The van der Waals surface area contributed by atoms with Crippen LogP contribution in [0.5, 0.6) is 17.2 Å². The predicted octanol–water partition coefficient (Wildman–Crippen LogP) is 3.90. The Morgan fingerprint density at radius 1 is 1.08 bits per heavy atom. The Kier molecular flexibility index (Phi) is 6.30. The summed E-state index contributed by atoms with van der Waals surface area (Å²) in [6.45, 7) is 1.79. The summed E-state index contributed by atoms with van der Waals surface area (Å²) in [6, 6.07) is 8.09. The quantitative estimate of drug-likeness (QED) is 0.561. The number of benzene rings is 2. The van der Waals surface area contributed by atoms with Gasteiger partial charge in [0.15, 0.2) is 11.5 Å². The van der Waals surface area contributed by atoms with Crippen molar-refractivity contribution in [1.82, 2.24) is 0 Å². The molecule has 0 spiro atoms. The summed E-state index contributed by atoms with van der Waals surface area (Å²) in [5.41, 5.74) is 4.70. The normalized spacial score (nSPS) is 11.0. The van der Waals surface area contributed by atoms with Crippen molar-refractivity contribution in [2.24, 2.45) is 5.10 Å². The molecule has 0 saturated heterocycles. The van der Waals surface area contributed by atoms with Crippen LogP contribution >= 0.6 is 11.6 Å². The number of carbonyl (C=O) groups is 1. The summed E-state index contributed by atoms with van der Waals surface area (Å²) in [5.74, 6) is 0.402. The Bertz CT molecular complexity index is 826. The molecule has 2 aromatic carbocycles. The van der Waals surface area contributed by atoms with E-state index in [1.807, 2.05) is 0 Å². The second-order valence-electron chi connectivity index (χ2n) is 5.22. The number of nitrogens with zero attached hydrogens (tertiary/aromatic N) is 1. The van der Waals surface area contributed by atoms with Crippen molar-refractivity contribution in [3.8, 4) is 17.2 Å². The fraction of sp³-hybridized carbons (Fsp3) is 0.222. The van der Waals surface area contributed by atoms with E-state index >= 15 is 0 Å². The molecule has 0 unspecified atom stereocenters. The summed E-state index contributed by atoms with van der Waals surface area (Å²) in [5, 5.41) is 13.6. The lowest BCUT2D eigenvalue weighted by Crippen LogP contribution is -2.04. The highest BCUT2D eigenvalue weighted by Gasteiger charge is 2.14. The van der Waals surface area contributed by atoms with Crippen molar-refractivity contribution >= 4 is 29.0 Å². The number of hydrogen-bond donors (Lipinski definition) is 2. The highest BCUT2D eigenvalue weighted by molar-refractivity contribution is 6.33. The second kappa shape index (κ2) is 8.44. The van der Waals surface area contributed by atoms with Crippen molar-refractivity contribution in [3.63, 3.8) is 0 Å². The Morgan fingerprint density at radius 2 is 1.69 bits per heavy atom. The van der Waals surface area contributed by atoms with Crippen molar-refractivity contribution in [3.05, 3.63) is 46.5 Å². The number of carboxylic acid groups (broad SMARTS) is 1. The van der Waals surface area contributed by atoms with Crippen LogP contribution in [0.2, 0.25) is 5.02 Å². The molecule has 0 atom stereocenters. The molecule has 138 valence electrons. The summed E-state index contributed by atoms with van der Waals surface area (Å²) >= 11 is 5.86. The summed E-state index contributed by atoms with van der Waals surface area (Å²) in [7, 11) is 4.60. The van der Waals surface area contributed by atoms with Gasteiger partial charge in [0.05, 0.1) is 43.3 Å². The molecule has 0 aliphatic carbocycles. The zero-order valence-corrected chi connectivity index (χ0v) is 15.5. The SMILES string of the molecule is COc1cc(/C(C)=N\Nc2ccc(Cl)c(C(=O)O)c2)cc(OC)c1OC. The van der Waals surface area contributed by atoms with Crippen LogP contribution in [0.3, 0.4) is 0 Å². The Balaban J connectivity index is 2.33. The third-order valence-corrected chi connectivity index (χ3v) is 3.96. The molecule has 2 rings (SSSR count). The molecule has 0 aromatic heterocycles. The molecule has 0 heterocycles. The number of ether oxygens (including phenoxy) is 3. The van der Waals surface area contributed by atoms with E-state index in [1.165, 1.54) is 33.5 Å². The van der Waals surface area contributed by atoms with E-state index in [1.54, 1.807) is 25.1 Å². The van der Waals surface area contributed by atoms with Crippen LogP contribution in [-0.4, -0.2) is 38.1 Å². The van der Waals surface area contributed by atoms with Crippen LogP contribution in [0.1, 0.15) is 22.8 Å². The molecule has 0 aliphatic heterocycles. The maximum Gasteiger partial charge on any atom is 0.337 e. The van der Waals surface area contributed by atoms with Gasteiger partial charge in [-0.15, -0.1) is 0 Å². The lowest BCUT2D eigenvalue weighted by molar-refractivity contribution is 0.0697. The highest BCUT2D eigenvalue weighted by Crippen LogP contribution is 2.38. The largest absolute Gasteiger partial charge is 0.493 e. The molecule has 2 aromatic rings. The number of rotatable bonds is 7. The highest BCUT2D eigenvalue weighted by atomic mass is 35.5. The monoisotopic (exact) mass is 378 g/mol. The second-order valence-corrected chi connectivity index (χ2v) is 5.63. The maximum atomic E-state index is 11.1. The Labute approximate surface area is 156 Å². The number of aromatic carboxylic acids is 1. The average molecular weight is 379 g/mol. The molecule has 0 fully saturated rings. The third kappa shape index (κ3) is 4.18. The number of halogens is 1. The fourth-order valence-electron chi connectivity index (χ4n) is 2.26. The molecular formula is C18H19ClN2O5. The lowest BCUT2D eigenvalue weighted by atomic mass is 10.1. The number of hydrazone groups is 1. The average Bonchev–Trinajstić information content (AvgIpc) is 2.65. The first-order valence-corrected chi connectivity index (χ1v) is 7.92. The number of hydrogen-bond acceptors (Lipinski definition) is 6. The van der Waals surface area contributed by atoms with Crippen molar-refractivity contribution in [2.45, 2.75) is 6.92 Å². The van der Waals surface area contributed by atoms with Gasteiger partial charge in [0.25, 0.3) is 0 Å². The smallest absolute Gasteiger partial charge is 0.337 e. The minimum atomic E-state index is -1.11. The Hall–Kier alpha value is -2.93. The molecule has 0 saturated carbocycles. The predicted molar refractivity (Wildman–Crippen MR) is 100 cm³/mol. The van der Waals surface area contributed by atoms with Crippen LogP contribution in [0.25, 0.3) is 0 Å². The molecule has 26 heavy (non-hydrogen) atoms. The van der Waals surface area contributed by atoms with Gasteiger partial charge in [-0.05, 0) is 37.3 Å². The molecule has 0 amide bonds. The molecule has 0 radical (unpaired) electrons. The minimum Gasteiger partial charge on any atom is -0.493 e. The van der Waals surface area contributed by atoms with Gasteiger partial charge in [0.1, 0.15) is 0 Å². The van der Waals surface area contributed by atoms with Gasteiger partial charge in [-0.2, -0.15) is 5.10 Å². The molecule has 0 bridgehead atoms. The van der Waals surface area contributed by atoms with Gasteiger partial charge in [0.2, 0.25) is 5.75 Å². The van der Waals surface area contributed by atoms with E-state index < -0.39 is 5.97 Å². The van der Waals surface area contributed by atoms with Crippen LogP contribution in [-0.2, 0) is 0 Å². The first kappa shape index (κ1) is 19.4. The zero-order chi connectivity index (χ0) is 19.3. The molecule has 7 nitrogen and oxygen atoms in total. The van der Waals surface area contributed by atoms with Crippen LogP contribution < -0.4 is 19.6 Å². The first-order valence-electron chi connectivity index (χ1n) is 7.54. The standard InChI is InChI=1S/C18H19ClN2O5/c1-10(11-7-15(24-2)17(26-4)16(8-11)25-3)20-21-12-5-6-14(19)13(9-12)18(22)23/h5-9,21H,1-4H3,(H,22,23)/b20-10-. The molecule has 2 N–H and O–H groups in total. The van der Waals surface area contributed by atoms with Crippen molar-refractivity contribution < 1.29 is 24.1 Å². The molecule has 0 aliphatic rings. The van der Waals surface area contributed by atoms with E-state index in [0.29, 0.717) is 28.6 Å². The summed E-state index contributed by atoms with van der Waals surface area (Å²) in [6.07, 6.45) is 0. The van der Waals surface area contributed by atoms with E-state index in [2.05, 4.69) is 10.5 Å². The lowest BCUT2D eigenvalue weighted by Gasteiger charge is -2.14. The van der Waals surface area contributed by atoms with E-state index in [4.69, 9.17) is 30.9 Å². The fourth-order valence-corrected chi connectivity index (χ4v) is 2.46. The number of methoxy groups -OCH3 is 3. The van der Waals surface area contributed by atoms with Crippen molar-refractivity contribution in [2.75, 3.05) is 26.8 Å². The summed E-state index contributed by atoms with van der Waals surface area (Å²) in [4.78, 5) is 11.1. The minimum absolute atomic E-state index is 0.00249. The maximum absolute atomic E-state index is 11.1.